The summed E-state index contributed by atoms with van der Waals surface area (Å²) in [6.45, 7) is 4.02. The minimum atomic E-state index is -1.02. The molecule has 110 valence electrons. The molecular formula is C15H16N2O4. The summed E-state index contributed by atoms with van der Waals surface area (Å²) in [4.78, 5) is 24.6. The molecule has 0 aliphatic rings. The highest BCUT2D eigenvalue weighted by Gasteiger charge is 2.17. The second kappa shape index (κ2) is 5.78. The number of hydrogen-bond acceptors (Lipinski definition) is 4. The van der Waals surface area contributed by atoms with E-state index in [1.165, 1.54) is 24.3 Å². The second-order valence-corrected chi connectivity index (χ2v) is 4.85. The summed E-state index contributed by atoms with van der Waals surface area (Å²) in [7, 11) is 1.68. The summed E-state index contributed by atoms with van der Waals surface area (Å²) in [6, 6.07) is 5.85. The zero-order chi connectivity index (χ0) is 15.6. The first-order chi connectivity index (χ1) is 9.90. The van der Waals surface area contributed by atoms with Gasteiger partial charge in [-0.3, -0.25) is 4.79 Å². The third-order valence-corrected chi connectivity index (χ3v) is 3.30. The van der Waals surface area contributed by atoms with Gasteiger partial charge >= 0.3 is 5.97 Å². The molecule has 1 amide bonds. The molecule has 0 bridgehead atoms. The van der Waals surface area contributed by atoms with Gasteiger partial charge in [0.2, 0.25) is 0 Å². The second-order valence-electron chi connectivity index (χ2n) is 4.85. The van der Waals surface area contributed by atoms with Gasteiger partial charge in [0.25, 0.3) is 5.91 Å². The molecule has 6 heteroatoms. The Bertz CT molecular complexity index is 654. The van der Waals surface area contributed by atoms with Gasteiger partial charge < -0.3 is 14.5 Å². The summed E-state index contributed by atoms with van der Waals surface area (Å²) in [5.41, 5.74) is 2.23. The van der Waals surface area contributed by atoms with E-state index in [1.54, 1.807) is 18.9 Å². The average molecular weight is 288 g/mol. The van der Waals surface area contributed by atoms with Crippen LogP contribution in [0.3, 0.4) is 0 Å². The number of benzene rings is 1. The van der Waals surface area contributed by atoms with Crippen molar-refractivity contribution in [3.8, 4) is 0 Å². The van der Waals surface area contributed by atoms with Gasteiger partial charge in [0, 0.05) is 18.2 Å². The zero-order valence-electron chi connectivity index (χ0n) is 12.1. The maximum atomic E-state index is 12.3. The standard InChI is InChI=1S/C15H16N2O4/c1-9-13(10(2)21-16-9)8-17(3)14(18)11-4-6-12(7-5-11)15(19)20/h4-7H,8H2,1-3H3,(H,19,20). The first-order valence-corrected chi connectivity index (χ1v) is 6.40. The summed E-state index contributed by atoms with van der Waals surface area (Å²) in [5.74, 6) is -0.515. The minimum Gasteiger partial charge on any atom is -0.478 e. The first-order valence-electron chi connectivity index (χ1n) is 6.40. The van der Waals surface area contributed by atoms with E-state index in [2.05, 4.69) is 5.16 Å². The Balaban J connectivity index is 2.14. The number of amides is 1. The Labute approximate surface area is 122 Å². The van der Waals surface area contributed by atoms with Crippen molar-refractivity contribution < 1.29 is 19.2 Å². The molecular weight excluding hydrogens is 272 g/mol. The van der Waals surface area contributed by atoms with E-state index in [1.807, 2.05) is 6.92 Å². The molecule has 0 aliphatic heterocycles. The van der Waals surface area contributed by atoms with Crippen molar-refractivity contribution >= 4 is 11.9 Å². The number of carboxylic acid groups (broad SMARTS) is 1. The predicted molar refractivity (Wildman–Crippen MR) is 75.2 cm³/mol. The third-order valence-electron chi connectivity index (χ3n) is 3.30. The van der Waals surface area contributed by atoms with E-state index in [9.17, 15) is 9.59 Å². The number of carbonyl (C=O) groups is 2. The fourth-order valence-corrected chi connectivity index (χ4v) is 2.01. The number of nitrogens with zero attached hydrogens (tertiary/aromatic N) is 2. The highest BCUT2D eigenvalue weighted by atomic mass is 16.5. The molecule has 0 fully saturated rings. The summed E-state index contributed by atoms with van der Waals surface area (Å²) in [5, 5.41) is 12.7. The monoisotopic (exact) mass is 288 g/mol. The number of hydrogen-bond donors (Lipinski definition) is 1. The van der Waals surface area contributed by atoms with E-state index in [0.717, 1.165) is 11.3 Å². The van der Waals surface area contributed by atoms with Crippen LogP contribution in [0.2, 0.25) is 0 Å². The summed E-state index contributed by atoms with van der Waals surface area (Å²) in [6.07, 6.45) is 0. The SMILES string of the molecule is Cc1noc(C)c1CN(C)C(=O)c1ccc(C(=O)O)cc1. The van der Waals surface area contributed by atoms with Gasteiger partial charge in [0.15, 0.2) is 0 Å². The van der Waals surface area contributed by atoms with E-state index in [4.69, 9.17) is 9.63 Å². The van der Waals surface area contributed by atoms with Crippen LogP contribution >= 0.6 is 0 Å². The fourth-order valence-electron chi connectivity index (χ4n) is 2.01. The summed E-state index contributed by atoms with van der Waals surface area (Å²) < 4.78 is 5.07. The maximum absolute atomic E-state index is 12.3. The van der Waals surface area contributed by atoms with Crippen molar-refractivity contribution in [2.45, 2.75) is 20.4 Å². The van der Waals surface area contributed by atoms with E-state index < -0.39 is 5.97 Å². The molecule has 2 aromatic rings. The topological polar surface area (TPSA) is 83.6 Å². The Morgan fingerprint density at radius 2 is 1.76 bits per heavy atom. The maximum Gasteiger partial charge on any atom is 0.335 e. The van der Waals surface area contributed by atoms with Gasteiger partial charge in [-0.05, 0) is 38.1 Å². The van der Waals surface area contributed by atoms with Crippen LogP contribution in [-0.4, -0.2) is 34.1 Å². The van der Waals surface area contributed by atoms with Crippen LogP contribution in [0.4, 0.5) is 0 Å². The molecule has 0 unspecified atom stereocenters. The highest BCUT2D eigenvalue weighted by molar-refractivity contribution is 5.95. The van der Waals surface area contributed by atoms with Crippen molar-refractivity contribution in [1.29, 1.82) is 0 Å². The van der Waals surface area contributed by atoms with Gasteiger partial charge in [-0.2, -0.15) is 0 Å². The Hall–Kier alpha value is -2.63. The number of carboxylic acids is 1. The quantitative estimate of drug-likeness (QED) is 0.933. The summed E-state index contributed by atoms with van der Waals surface area (Å²) >= 11 is 0. The van der Waals surface area contributed by atoms with E-state index in [-0.39, 0.29) is 11.5 Å². The largest absolute Gasteiger partial charge is 0.478 e. The zero-order valence-corrected chi connectivity index (χ0v) is 12.1. The predicted octanol–water partition coefficient (Wildman–Crippen LogP) is 2.26. The molecule has 0 spiro atoms. The molecule has 0 atom stereocenters. The molecule has 1 N–H and O–H groups in total. The highest BCUT2D eigenvalue weighted by Crippen LogP contribution is 2.16. The molecule has 2 rings (SSSR count). The molecule has 6 nitrogen and oxygen atoms in total. The molecule has 1 aromatic heterocycles. The van der Waals surface area contributed by atoms with Crippen LogP contribution in [0.5, 0.6) is 0 Å². The van der Waals surface area contributed by atoms with Gasteiger partial charge in [-0.25, -0.2) is 4.79 Å². The van der Waals surface area contributed by atoms with Crippen LogP contribution in [-0.2, 0) is 6.54 Å². The van der Waals surface area contributed by atoms with Gasteiger partial charge in [0.1, 0.15) is 5.76 Å². The lowest BCUT2D eigenvalue weighted by molar-refractivity contribution is 0.0695. The van der Waals surface area contributed by atoms with Crippen LogP contribution in [0.1, 0.15) is 37.7 Å². The normalized spacial score (nSPS) is 10.4. The van der Waals surface area contributed by atoms with Crippen LogP contribution in [0, 0.1) is 13.8 Å². The lowest BCUT2D eigenvalue weighted by Gasteiger charge is -2.17. The van der Waals surface area contributed by atoms with Gasteiger partial charge in [0.05, 0.1) is 17.8 Å². The molecule has 0 saturated carbocycles. The molecule has 0 radical (unpaired) electrons. The Morgan fingerprint density at radius 1 is 1.19 bits per heavy atom. The Kier molecular flexibility index (Phi) is 4.07. The smallest absolute Gasteiger partial charge is 0.335 e. The van der Waals surface area contributed by atoms with Crippen molar-refractivity contribution in [3.05, 3.63) is 52.4 Å². The number of aryl methyl sites for hydroxylation is 2. The van der Waals surface area contributed by atoms with Crippen molar-refractivity contribution in [2.75, 3.05) is 7.05 Å². The van der Waals surface area contributed by atoms with Crippen LogP contribution in [0.25, 0.3) is 0 Å². The molecule has 0 aliphatic carbocycles. The van der Waals surface area contributed by atoms with Gasteiger partial charge in [-0.1, -0.05) is 5.16 Å². The number of aromatic carboxylic acids is 1. The van der Waals surface area contributed by atoms with Crippen LogP contribution < -0.4 is 0 Å². The van der Waals surface area contributed by atoms with Crippen molar-refractivity contribution in [1.82, 2.24) is 10.1 Å². The number of aromatic nitrogens is 1. The average Bonchev–Trinajstić information content (AvgIpc) is 2.78. The van der Waals surface area contributed by atoms with E-state index in [0.29, 0.717) is 17.9 Å². The van der Waals surface area contributed by atoms with E-state index >= 15 is 0 Å². The molecule has 21 heavy (non-hydrogen) atoms. The molecule has 1 heterocycles. The lowest BCUT2D eigenvalue weighted by Crippen LogP contribution is -2.26. The molecule has 1 aromatic carbocycles. The Morgan fingerprint density at radius 3 is 2.24 bits per heavy atom. The number of rotatable bonds is 4. The van der Waals surface area contributed by atoms with Crippen molar-refractivity contribution in [2.24, 2.45) is 0 Å². The fraction of sp³-hybridized carbons (Fsp3) is 0.267. The third kappa shape index (κ3) is 3.10. The lowest BCUT2D eigenvalue weighted by atomic mass is 10.1. The molecule has 0 saturated heterocycles. The van der Waals surface area contributed by atoms with Crippen molar-refractivity contribution in [3.63, 3.8) is 0 Å². The first kappa shape index (κ1) is 14.8. The number of carbonyl (C=O) groups excluding carboxylic acids is 1. The minimum absolute atomic E-state index is 0.153. The van der Waals surface area contributed by atoms with Gasteiger partial charge in [-0.15, -0.1) is 0 Å². The van der Waals surface area contributed by atoms with Crippen LogP contribution in [0.15, 0.2) is 28.8 Å².